The molecule has 1 heterocycles. The summed E-state index contributed by atoms with van der Waals surface area (Å²) in [6.45, 7) is 0.307. The lowest BCUT2D eigenvalue weighted by Crippen LogP contribution is -2.16. The van der Waals surface area contributed by atoms with Gasteiger partial charge >= 0.3 is 0 Å². The van der Waals surface area contributed by atoms with Gasteiger partial charge in [0.05, 0.1) is 4.92 Å². The Labute approximate surface area is 121 Å². The molecule has 0 bridgehead atoms. The number of aromatic nitrogens is 1. The van der Waals surface area contributed by atoms with Crippen molar-refractivity contribution in [3.05, 3.63) is 58.9 Å². The fourth-order valence-electron chi connectivity index (χ4n) is 1.75. The lowest BCUT2D eigenvalue weighted by atomic mass is 10.2. The van der Waals surface area contributed by atoms with Gasteiger partial charge in [-0.3, -0.25) is 19.9 Å². The lowest BCUT2D eigenvalue weighted by molar-refractivity contribution is -0.384. The van der Waals surface area contributed by atoms with Crippen LogP contribution in [0, 0.1) is 10.1 Å². The van der Waals surface area contributed by atoms with Gasteiger partial charge in [0.1, 0.15) is 5.69 Å². The standard InChI is InChI=1S/C14H14N4O3/c19-14(17-11-5-8-15-9-6-11)7-10-16-12-3-1-2-4-13(12)18(20)21/h1-6,8-9,16H,7,10H2,(H,15,17,19). The van der Waals surface area contributed by atoms with Gasteiger partial charge in [-0.15, -0.1) is 0 Å². The molecule has 0 saturated heterocycles. The average molecular weight is 286 g/mol. The Morgan fingerprint density at radius 2 is 1.90 bits per heavy atom. The summed E-state index contributed by atoms with van der Waals surface area (Å²) in [6, 6.07) is 9.70. The van der Waals surface area contributed by atoms with Gasteiger partial charge < -0.3 is 10.6 Å². The summed E-state index contributed by atoms with van der Waals surface area (Å²) >= 11 is 0. The number of anilines is 2. The van der Waals surface area contributed by atoms with Gasteiger partial charge in [0.15, 0.2) is 0 Å². The molecule has 2 aromatic rings. The monoisotopic (exact) mass is 286 g/mol. The van der Waals surface area contributed by atoms with Crippen molar-refractivity contribution in [3.8, 4) is 0 Å². The van der Waals surface area contributed by atoms with E-state index in [0.29, 0.717) is 17.9 Å². The highest BCUT2D eigenvalue weighted by Gasteiger charge is 2.11. The fraction of sp³-hybridized carbons (Fsp3) is 0.143. The van der Waals surface area contributed by atoms with Crippen LogP contribution in [0.4, 0.5) is 17.1 Å². The third kappa shape index (κ3) is 4.27. The van der Waals surface area contributed by atoms with Gasteiger partial charge in [-0.2, -0.15) is 0 Å². The van der Waals surface area contributed by atoms with Crippen molar-refractivity contribution in [1.29, 1.82) is 0 Å². The Hall–Kier alpha value is -2.96. The summed E-state index contributed by atoms with van der Waals surface area (Å²) < 4.78 is 0. The van der Waals surface area contributed by atoms with Crippen LogP contribution in [0.2, 0.25) is 0 Å². The van der Waals surface area contributed by atoms with E-state index in [4.69, 9.17) is 0 Å². The number of para-hydroxylation sites is 2. The Balaban J connectivity index is 1.84. The van der Waals surface area contributed by atoms with Crippen LogP contribution in [0.15, 0.2) is 48.8 Å². The van der Waals surface area contributed by atoms with Gasteiger partial charge in [-0.1, -0.05) is 12.1 Å². The van der Waals surface area contributed by atoms with Crippen LogP contribution >= 0.6 is 0 Å². The zero-order valence-corrected chi connectivity index (χ0v) is 11.2. The first-order chi connectivity index (χ1) is 10.2. The Morgan fingerprint density at radius 3 is 2.62 bits per heavy atom. The van der Waals surface area contributed by atoms with Crippen LogP contribution in [-0.4, -0.2) is 22.4 Å². The number of carbonyl (C=O) groups is 1. The molecule has 0 aliphatic carbocycles. The van der Waals surface area contributed by atoms with Gasteiger partial charge in [0, 0.05) is 37.1 Å². The molecular formula is C14H14N4O3. The Kier molecular flexibility index (Phi) is 4.81. The van der Waals surface area contributed by atoms with Gasteiger partial charge in [-0.25, -0.2) is 0 Å². The first kappa shape index (κ1) is 14.4. The molecule has 0 unspecified atom stereocenters. The molecule has 1 aromatic heterocycles. The largest absolute Gasteiger partial charge is 0.379 e. The number of nitro groups is 1. The number of hydrogen-bond acceptors (Lipinski definition) is 5. The zero-order chi connectivity index (χ0) is 15.1. The maximum Gasteiger partial charge on any atom is 0.292 e. The predicted octanol–water partition coefficient (Wildman–Crippen LogP) is 2.43. The number of nitro benzene ring substituents is 1. The molecule has 2 N–H and O–H groups in total. The first-order valence-electron chi connectivity index (χ1n) is 6.34. The molecule has 0 aliphatic rings. The fourth-order valence-corrected chi connectivity index (χ4v) is 1.75. The number of rotatable bonds is 6. The van der Waals surface area contributed by atoms with E-state index in [1.165, 1.54) is 6.07 Å². The van der Waals surface area contributed by atoms with E-state index >= 15 is 0 Å². The SMILES string of the molecule is O=C(CCNc1ccccc1[N+](=O)[O-])Nc1ccncc1. The van der Waals surface area contributed by atoms with Gasteiger partial charge in [0.2, 0.25) is 5.91 Å². The third-order valence-corrected chi connectivity index (χ3v) is 2.73. The summed E-state index contributed by atoms with van der Waals surface area (Å²) in [5, 5.41) is 16.4. The molecule has 0 fully saturated rings. The molecule has 7 nitrogen and oxygen atoms in total. The highest BCUT2D eigenvalue weighted by molar-refractivity contribution is 5.90. The topological polar surface area (TPSA) is 97.2 Å². The summed E-state index contributed by atoms with van der Waals surface area (Å²) in [6.07, 6.45) is 3.37. The van der Waals surface area contributed by atoms with Crippen molar-refractivity contribution in [2.45, 2.75) is 6.42 Å². The molecule has 0 spiro atoms. The number of hydrogen-bond donors (Lipinski definition) is 2. The minimum Gasteiger partial charge on any atom is -0.379 e. The van der Waals surface area contributed by atoms with Crippen molar-refractivity contribution in [1.82, 2.24) is 4.98 Å². The van der Waals surface area contributed by atoms with Crippen LogP contribution in [0.5, 0.6) is 0 Å². The summed E-state index contributed by atoms with van der Waals surface area (Å²) in [5.74, 6) is -0.174. The first-order valence-corrected chi connectivity index (χ1v) is 6.34. The summed E-state index contributed by atoms with van der Waals surface area (Å²) in [5.41, 5.74) is 1.06. The van der Waals surface area contributed by atoms with Crippen molar-refractivity contribution in [2.24, 2.45) is 0 Å². The number of carbonyl (C=O) groups excluding carboxylic acids is 1. The molecule has 0 saturated carbocycles. The van der Waals surface area contributed by atoms with Gasteiger partial charge in [-0.05, 0) is 18.2 Å². The van der Waals surface area contributed by atoms with E-state index < -0.39 is 4.92 Å². The van der Waals surface area contributed by atoms with E-state index in [9.17, 15) is 14.9 Å². The third-order valence-electron chi connectivity index (χ3n) is 2.73. The Morgan fingerprint density at radius 1 is 1.19 bits per heavy atom. The second-order valence-electron chi connectivity index (χ2n) is 4.24. The normalized spacial score (nSPS) is 9.90. The van der Waals surface area contributed by atoms with E-state index in [1.807, 2.05) is 0 Å². The van der Waals surface area contributed by atoms with Crippen molar-refractivity contribution >= 4 is 23.0 Å². The summed E-state index contributed by atoms with van der Waals surface area (Å²) in [7, 11) is 0. The van der Waals surface area contributed by atoms with E-state index in [2.05, 4.69) is 15.6 Å². The highest BCUT2D eigenvalue weighted by atomic mass is 16.6. The molecule has 0 aliphatic heterocycles. The molecule has 7 heteroatoms. The minimum atomic E-state index is -0.459. The predicted molar refractivity (Wildman–Crippen MR) is 79.1 cm³/mol. The van der Waals surface area contributed by atoms with Crippen LogP contribution < -0.4 is 10.6 Å². The molecule has 0 atom stereocenters. The number of nitrogens with zero attached hydrogens (tertiary/aromatic N) is 2. The van der Waals surface area contributed by atoms with Crippen molar-refractivity contribution in [2.75, 3.05) is 17.2 Å². The van der Waals surface area contributed by atoms with E-state index in [1.54, 1.807) is 42.7 Å². The van der Waals surface area contributed by atoms with Crippen LogP contribution in [0.1, 0.15) is 6.42 Å². The highest BCUT2D eigenvalue weighted by Crippen LogP contribution is 2.22. The smallest absolute Gasteiger partial charge is 0.292 e. The minimum absolute atomic E-state index is 0.00737. The number of amides is 1. The maximum absolute atomic E-state index is 11.7. The second-order valence-corrected chi connectivity index (χ2v) is 4.24. The molecule has 21 heavy (non-hydrogen) atoms. The number of benzene rings is 1. The molecule has 108 valence electrons. The second kappa shape index (κ2) is 6.99. The lowest BCUT2D eigenvalue weighted by Gasteiger charge is -2.07. The number of pyridine rings is 1. The Bertz CT molecular complexity index is 631. The summed E-state index contributed by atoms with van der Waals surface area (Å²) in [4.78, 5) is 26.0. The number of nitrogens with one attached hydrogen (secondary N) is 2. The maximum atomic E-state index is 11.7. The van der Waals surface area contributed by atoms with E-state index in [-0.39, 0.29) is 18.0 Å². The molecule has 1 aromatic carbocycles. The van der Waals surface area contributed by atoms with Crippen LogP contribution in [-0.2, 0) is 4.79 Å². The van der Waals surface area contributed by atoms with E-state index in [0.717, 1.165) is 0 Å². The average Bonchev–Trinajstić information content (AvgIpc) is 2.48. The zero-order valence-electron chi connectivity index (χ0n) is 11.2. The quantitative estimate of drug-likeness (QED) is 0.628. The van der Waals surface area contributed by atoms with Crippen molar-refractivity contribution < 1.29 is 9.72 Å². The molecule has 1 amide bonds. The molecule has 0 radical (unpaired) electrons. The van der Waals surface area contributed by atoms with Crippen molar-refractivity contribution in [3.63, 3.8) is 0 Å². The van der Waals surface area contributed by atoms with Crippen LogP contribution in [0.25, 0.3) is 0 Å². The van der Waals surface area contributed by atoms with Gasteiger partial charge in [0.25, 0.3) is 5.69 Å². The molecule has 2 rings (SSSR count). The van der Waals surface area contributed by atoms with Crippen LogP contribution in [0.3, 0.4) is 0 Å². The molecular weight excluding hydrogens is 272 g/mol.